The fourth-order valence-corrected chi connectivity index (χ4v) is 1.82. The van der Waals surface area contributed by atoms with E-state index in [1.165, 1.54) is 12.1 Å². The van der Waals surface area contributed by atoms with Crippen LogP contribution in [0.15, 0.2) is 30.3 Å². The van der Waals surface area contributed by atoms with Gasteiger partial charge in [-0.15, -0.1) is 0 Å². The van der Waals surface area contributed by atoms with E-state index < -0.39 is 22.3 Å². The number of nitrogens with zero attached hydrogens (tertiary/aromatic N) is 2. The quantitative estimate of drug-likeness (QED) is 0.528. The second-order valence-corrected chi connectivity index (χ2v) is 4.66. The van der Waals surface area contributed by atoms with Gasteiger partial charge in [0.25, 0.3) is 5.91 Å². The van der Waals surface area contributed by atoms with Gasteiger partial charge in [0.1, 0.15) is 11.0 Å². The fraction of sp³-hybridized carbons (Fsp3) is 0. The molecule has 1 aromatic carbocycles. The predicted molar refractivity (Wildman–Crippen MR) is 75.3 cm³/mol. The number of benzene rings is 1. The molecule has 0 atom stereocenters. The number of rotatable bonds is 3. The summed E-state index contributed by atoms with van der Waals surface area (Å²) in [5.41, 5.74) is -0.780. The summed E-state index contributed by atoms with van der Waals surface area (Å²) < 4.78 is 13.6. The summed E-state index contributed by atoms with van der Waals surface area (Å²) in [7, 11) is 0. The van der Waals surface area contributed by atoms with Gasteiger partial charge in [-0.25, -0.2) is 9.37 Å². The van der Waals surface area contributed by atoms with Crippen molar-refractivity contribution < 1.29 is 14.1 Å². The van der Waals surface area contributed by atoms with Crippen molar-refractivity contribution in [2.75, 3.05) is 5.32 Å². The fourth-order valence-electron chi connectivity index (χ4n) is 1.52. The van der Waals surface area contributed by atoms with Crippen LogP contribution in [0.25, 0.3) is 0 Å². The second kappa shape index (κ2) is 6.02. The first-order chi connectivity index (χ1) is 9.88. The molecule has 0 spiro atoms. The minimum Gasteiger partial charge on any atom is -0.301 e. The monoisotopic (exact) mass is 329 g/mol. The first kappa shape index (κ1) is 15.1. The van der Waals surface area contributed by atoms with Gasteiger partial charge in [0.2, 0.25) is 5.82 Å². The Kier molecular flexibility index (Phi) is 4.35. The van der Waals surface area contributed by atoms with Crippen molar-refractivity contribution in [2.24, 2.45) is 0 Å². The molecule has 2 aromatic rings. The number of amides is 1. The summed E-state index contributed by atoms with van der Waals surface area (Å²) in [5, 5.41) is 13.1. The molecule has 0 saturated carbocycles. The van der Waals surface area contributed by atoms with Crippen molar-refractivity contribution in [3.8, 4) is 0 Å². The molecule has 21 heavy (non-hydrogen) atoms. The number of carbonyl (C=O) groups is 1. The molecular weight excluding hydrogens is 324 g/mol. The Morgan fingerprint density at radius 1 is 1.29 bits per heavy atom. The first-order valence-corrected chi connectivity index (χ1v) is 6.21. The highest BCUT2D eigenvalue weighted by molar-refractivity contribution is 6.30. The molecule has 0 bridgehead atoms. The van der Waals surface area contributed by atoms with Crippen LogP contribution >= 0.6 is 23.2 Å². The van der Waals surface area contributed by atoms with E-state index in [1.54, 1.807) is 0 Å². The van der Waals surface area contributed by atoms with E-state index >= 15 is 0 Å². The molecule has 1 heterocycles. The zero-order valence-electron chi connectivity index (χ0n) is 10.1. The highest BCUT2D eigenvalue weighted by atomic mass is 35.5. The molecule has 0 aliphatic carbocycles. The van der Waals surface area contributed by atoms with Crippen LogP contribution in [0.5, 0.6) is 0 Å². The first-order valence-electron chi connectivity index (χ1n) is 5.46. The minimum absolute atomic E-state index is 0.0486. The summed E-state index contributed by atoms with van der Waals surface area (Å²) in [5.74, 6) is -2.13. The third-order valence-corrected chi connectivity index (χ3v) is 2.89. The van der Waals surface area contributed by atoms with E-state index in [0.29, 0.717) is 0 Å². The molecule has 0 saturated heterocycles. The summed E-state index contributed by atoms with van der Waals surface area (Å²) in [6, 6.07) is 5.72. The van der Waals surface area contributed by atoms with Gasteiger partial charge in [0.05, 0.1) is 10.5 Å². The SMILES string of the molecule is O=C(Nc1nc(Cl)ccc1[N+](=O)[O-])c1ccc(Cl)cc1F. The number of nitrogens with one attached hydrogen (secondary N) is 1. The van der Waals surface area contributed by atoms with Crippen molar-refractivity contribution in [3.05, 3.63) is 62.0 Å². The molecular formula is C12H6Cl2FN3O3. The van der Waals surface area contributed by atoms with Gasteiger partial charge < -0.3 is 5.32 Å². The van der Waals surface area contributed by atoms with E-state index in [4.69, 9.17) is 23.2 Å². The van der Waals surface area contributed by atoms with E-state index in [-0.39, 0.29) is 21.6 Å². The molecule has 108 valence electrons. The van der Waals surface area contributed by atoms with Crippen molar-refractivity contribution in [1.82, 2.24) is 4.98 Å². The molecule has 0 aliphatic rings. The molecule has 6 nitrogen and oxygen atoms in total. The van der Waals surface area contributed by atoms with E-state index in [9.17, 15) is 19.3 Å². The minimum atomic E-state index is -0.901. The zero-order valence-corrected chi connectivity index (χ0v) is 11.7. The van der Waals surface area contributed by atoms with E-state index in [2.05, 4.69) is 10.3 Å². The van der Waals surface area contributed by atoms with Crippen LogP contribution in [-0.4, -0.2) is 15.8 Å². The number of halogens is 3. The Balaban J connectivity index is 2.35. The van der Waals surface area contributed by atoms with Crippen LogP contribution in [0.1, 0.15) is 10.4 Å². The molecule has 0 aliphatic heterocycles. The molecule has 9 heteroatoms. The topological polar surface area (TPSA) is 85.1 Å². The van der Waals surface area contributed by atoms with Gasteiger partial charge in [0.15, 0.2) is 0 Å². The van der Waals surface area contributed by atoms with E-state index in [0.717, 1.165) is 18.2 Å². The highest BCUT2D eigenvalue weighted by Gasteiger charge is 2.20. The summed E-state index contributed by atoms with van der Waals surface area (Å²) in [4.78, 5) is 25.7. The molecule has 0 fully saturated rings. The third-order valence-electron chi connectivity index (χ3n) is 2.44. The number of hydrogen-bond acceptors (Lipinski definition) is 4. The lowest BCUT2D eigenvalue weighted by Crippen LogP contribution is -2.16. The summed E-state index contributed by atoms with van der Waals surface area (Å²) >= 11 is 11.2. The van der Waals surface area contributed by atoms with Crippen LogP contribution < -0.4 is 5.32 Å². The highest BCUT2D eigenvalue weighted by Crippen LogP contribution is 2.25. The van der Waals surface area contributed by atoms with Crippen molar-refractivity contribution in [3.63, 3.8) is 0 Å². The smallest absolute Gasteiger partial charge is 0.301 e. The third kappa shape index (κ3) is 3.45. The number of hydrogen-bond donors (Lipinski definition) is 1. The van der Waals surface area contributed by atoms with E-state index in [1.807, 2.05) is 0 Å². The summed E-state index contributed by atoms with van der Waals surface area (Å²) in [6.45, 7) is 0. The largest absolute Gasteiger partial charge is 0.311 e. The standard InChI is InChI=1S/C12H6Cl2FN3O3/c13-6-1-2-7(8(15)5-6)12(19)17-11-9(18(20)21)3-4-10(14)16-11/h1-5H,(H,16,17,19). The van der Waals surface area contributed by atoms with Gasteiger partial charge in [0, 0.05) is 11.1 Å². The average molecular weight is 330 g/mol. The lowest BCUT2D eigenvalue weighted by molar-refractivity contribution is -0.384. The molecule has 2 rings (SSSR count). The van der Waals surface area contributed by atoms with Gasteiger partial charge >= 0.3 is 5.69 Å². The zero-order chi connectivity index (χ0) is 15.6. The van der Waals surface area contributed by atoms with Crippen LogP contribution in [0.3, 0.4) is 0 Å². The average Bonchev–Trinajstić information content (AvgIpc) is 2.37. The van der Waals surface area contributed by atoms with Crippen LogP contribution in [-0.2, 0) is 0 Å². The maximum absolute atomic E-state index is 13.6. The number of aromatic nitrogens is 1. The van der Waals surface area contributed by atoms with Gasteiger partial charge in [-0.1, -0.05) is 23.2 Å². The Hall–Kier alpha value is -2.25. The van der Waals surface area contributed by atoms with Crippen LogP contribution in [0.2, 0.25) is 10.2 Å². The predicted octanol–water partition coefficient (Wildman–Crippen LogP) is 3.69. The lowest BCUT2D eigenvalue weighted by Gasteiger charge is -2.06. The van der Waals surface area contributed by atoms with Crippen molar-refractivity contribution >= 4 is 40.6 Å². The number of nitro groups is 1. The van der Waals surface area contributed by atoms with Gasteiger partial charge in [-0.3, -0.25) is 14.9 Å². The normalized spacial score (nSPS) is 10.2. The molecule has 1 N–H and O–H groups in total. The molecule has 1 amide bonds. The Bertz CT molecular complexity index is 740. The Morgan fingerprint density at radius 3 is 2.62 bits per heavy atom. The van der Waals surface area contributed by atoms with Crippen LogP contribution in [0.4, 0.5) is 15.9 Å². The molecule has 1 aromatic heterocycles. The van der Waals surface area contributed by atoms with Crippen molar-refractivity contribution in [2.45, 2.75) is 0 Å². The lowest BCUT2D eigenvalue weighted by atomic mass is 10.2. The van der Waals surface area contributed by atoms with Gasteiger partial charge in [-0.05, 0) is 24.3 Å². The Labute approximate surface area is 127 Å². The summed E-state index contributed by atoms with van der Waals surface area (Å²) in [6.07, 6.45) is 0. The van der Waals surface area contributed by atoms with Gasteiger partial charge in [-0.2, -0.15) is 0 Å². The maximum Gasteiger partial charge on any atom is 0.311 e. The maximum atomic E-state index is 13.6. The van der Waals surface area contributed by atoms with Crippen molar-refractivity contribution in [1.29, 1.82) is 0 Å². The van der Waals surface area contributed by atoms with Crippen LogP contribution in [0, 0.1) is 15.9 Å². The number of pyridine rings is 1. The second-order valence-electron chi connectivity index (χ2n) is 3.84. The Morgan fingerprint density at radius 2 is 2.00 bits per heavy atom. The molecule has 0 radical (unpaired) electrons. The number of anilines is 1. The number of carbonyl (C=O) groups excluding carboxylic acids is 1. The molecule has 0 unspecified atom stereocenters.